The fourth-order valence-electron chi connectivity index (χ4n) is 2.89. The molecule has 0 amide bonds. The maximum Gasteiger partial charge on any atom is 0.175 e. The minimum atomic E-state index is 0.474. The number of anilines is 1. The Morgan fingerprint density at radius 2 is 1.55 bits per heavy atom. The van der Waals surface area contributed by atoms with Gasteiger partial charge in [-0.1, -0.05) is 44.0 Å². The third-order valence-corrected chi connectivity index (χ3v) is 5.95. The summed E-state index contributed by atoms with van der Waals surface area (Å²) < 4.78 is 15.0. The van der Waals surface area contributed by atoms with Gasteiger partial charge in [0.05, 0.1) is 11.1 Å². The number of hydrogen-bond acceptors (Lipinski definition) is 3. The summed E-state index contributed by atoms with van der Waals surface area (Å²) in [6.07, 6.45) is 0. The first-order chi connectivity index (χ1) is 14.0. The molecule has 0 aliphatic carbocycles. The summed E-state index contributed by atoms with van der Waals surface area (Å²) in [6.45, 7) is 5.80. The van der Waals surface area contributed by atoms with Crippen molar-refractivity contribution in [3.05, 3.63) is 84.7 Å². The first-order valence-electron chi connectivity index (χ1n) is 9.28. The van der Waals surface area contributed by atoms with Crippen LogP contribution in [0.3, 0.4) is 0 Å². The Hall–Kier alpha value is -1.50. The summed E-state index contributed by atoms with van der Waals surface area (Å²) in [5, 5.41) is 3.49. The van der Waals surface area contributed by atoms with E-state index >= 15 is 0 Å². The summed E-state index contributed by atoms with van der Waals surface area (Å²) in [7, 11) is 0. The fourth-order valence-corrected chi connectivity index (χ4v) is 4.23. The summed E-state index contributed by atoms with van der Waals surface area (Å²) in [5.74, 6) is 1.46. The average molecular weight is 584 g/mol. The molecule has 0 aliphatic heterocycles. The molecule has 29 heavy (non-hydrogen) atoms. The van der Waals surface area contributed by atoms with Crippen molar-refractivity contribution in [1.82, 2.24) is 0 Å². The summed E-state index contributed by atoms with van der Waals surface area (Å²) >= 11 is 10.6. The van der Waals surface area contributed by atoms with E-state index in [1.54, 1.807) is 0 Å². The number of rotatable bonds is 8. The van der Waals surface area contributed by atoms with Crippen LogP contribution in [0.1, 0.15) is 23.6 Å². The number of aryl methyl sites for hydroxylation is 1. The highest BCUT2D eigenvalue weighted by molar-refractivity contribution is 9.11. The number of halogens is 3. The largest absolute Gasteiger partial charge is 0.490 e. The summed E-state index contributed by atoms with van der Waals surface area (Å²) in [6, 6.07) is 18.4. The molecule has 152 valence electrons. The Kier molecular flexibility index (Phi) is 8.04. The van der Waals surface area contributed by atoms with E-state index in [4.69, 9.17) is 9.47 Å². The van der Waals surface area contributed by atoms with Crippen LogP contribution in [0, 0.1) is 6.92 Å². The van der Waals surface area contributed by atoms with Gasteiger partial charge in [0.2, 0.25) is 0 Å². The highest BCUT2D eigenvalue weighted by Crippen LogP contribution is 2.38. The highest BCUT2D eigenvalue weighted by atomic mass is 79.9. The molecule has 0 bridgehead atoms. The van der Waals surface area contributed by atoms with E-state index in [0.717, 1.165) is 41.7 Å². The molecule has 3 aromatic rings. The van der Waals surface area contributed by atoms with Crippen LogP contribution < -0.4 is 14.8 Å². The van der Waals surface area contributed by atoms with Gasteiger partial charge in [-0.25, -0.2) is 0 Å². The molecule has 0 heterocycles. The number of benzene rings is 3. The van der Waals surface area contributed by atoms with E-state index in [2.05, 4.69) is 78.2 Å². The predicted octanol–water partition coefficient (Wildman–Crippen LogP) is 7.87. The topological polar surface area (TPSA) is 30.5 Å². The van der Waals surface area contributed by atoms with Gasteiger partial charge in [-0.15, -0.1) is 0 Å². The van der Waals surface area contributed by atoms with E-state index in [1.807, 2.05) is 43.3 Å². The van der Waals surface area contributed by atoms with Crippen molar-refractivity contribution in [3.8, 4) is 11.5 Å². The number of ether oxygens (including phenoxy) is 2. The Morgan fingerprint density at radius 1 is 0.828 bits per heavy atom. The van der Waals surface area contributed by atoms with Crippen LogP contribution in [0.5, 0.6) is 11.5 Å². The molecule has 0 aliphatic rings. The molecule has 0 saturated heterocycles. The third kappa shape index (κ3) is 6.24. The molecular weight excluding hydrogens is 562 g/mol. The zero-order chi connectivity index (χ0) is 20.8. The first kappa shape index (κ1) is 22.2. The van der Waals surface area contributed by atoms with Gasteiger partial charge in [0.15, 0.2) is 11.5 Å². The van der Waals surface area contributed by atoms with Crippen molar-refractivity contribution in [3.63, 3.8) is 0 Å². The molecule has 0 fully saturated rings. The van der Waals surface area contributed by atoms with Gasteiger partial charge in [0, 0.05) is 21.2 Å². The zero-order valence-corrected chi connectivity index (χ0v) is 21.0. The molecule has 0 saturated carbocycles. The molecule has 6 heteroatoms. The summed E-state index contributed by atoms with van der Waals surface area (Å²) in [4.78, 5) is 0. The second kappa shape index (κ2) is 10.5. The van der Waals surface area contributed by atoms with Gasteiger partial charge in [0.1, 0.15) is 6.61 Å². The van der Waals surface area contributed by atoms with Gasteiger partial charge >= 0.3 is 0 Å². The third-order valence-electron chi connectivity index (χ3n) is 4.34. The van der Waals surface area contributed by atoms with E-state index in [0.29, 0.717) is 19.8 Å². The van der Waals surface area contributed by atoms with Crippen molar-refractivity contribution in [1.29, 1.82) is 0 Å². The normalized spacial score (nSPS) is 10.7. The second-order valence-corrected chi connectivity index (χ2v) is 9.25. The summed E-state index contributed by atoms with van der Waals surface area (Å²) in [5.41, 5.74) is 4.51. The predicted molar refractivity (Wildman–Crippen MR) is 130 cm³/mol. The molecule has 0 atom stereocenters. The van der Waals surface area contributed by atoms with Crippen LogP contribution in [-0.2, 0) is 13.2 Å². The average Bonchev–Trinajstić information content (AvgIpc) is 2.68. The van der Waals surface area contributed by atoms with Crippen LogP contribution in [0.4, 0.5) is 5.69 Å². The van der Waals surface area contributed by atoms with E-state index in [1.165, 1.54) is 5.56 Å². The Morgan fingerprint density at radius 3 is 2.24 bits per heavy atom. The van der Waals surface area contributed by atoms with Gasteiger partial charge in [-0.05, 0) is 88.9 Å². The van der Waals surface area contributed by atoms with Crippen molar-refractivity contribution in [2.45, 2.75) is 27.0 Å². The second-order valence-electron chi connectivity index (χ2n) is 6.57. The SMILES string of the molecule is CCOc1cc(CNc2ccc(Br)cc2C)cc(Br)c1OCc1ccc(Br)cc1. The molecule has 0 unspecified atom stereocenters. The van der Waals surface area contributed by atoms with Gasteiger partial charge in [0.25, 0.3) is 0 Å². The maximum atomic E-state index is 6.08. The lowest BCUT2D eigenvalue weighted by Crippen LogP contribution is -2.04. The molecule has 0 aromatic heterocycles. The lowest BCUT2D eigenvalue weighted by molar-refractivity contribution is 0.267. The van der Waals surface area contributed by atoms with E-state index in [9.17, 15) is 0 Å². The Labute approximate surface area is 197 Å². The number of hydrogen-bond donors (Lipinski definition) is 1. The molecule has 3 nitrogen and oxygen atoms in total. The van der Waals surface area contributed by atoms with Crippen LogP contribution in [-0.4, -0.2) is 6.61 Å². The lowest BCUT2D eigenvalue weighted by Gasteiger charge is -2.16. The molecule has 1 N–H and O–H groups in total. The quantitative estimate of drug-likeness (QED) is 0.293. The first-order valence-corrected chi connectivity index (χ1v) is 11.7. The van der Waals surface area contributed by atoms with Crippen LogP contribution in [0.15, 0.2) is 68.0 Å². The minimum Gasteiger partial charge on any atom is -0.490 e. The van der Waals surface area contributed by atoms with E-state index < -0.39 is 0 Å². The van der Waals surface area contributed by atoms with Crippen LogP contribution in [0.2, 0.25) is 0 Å². The van der Waals surface area contributed by atoms with Crippen molar-refractivity contribution in [2.75, 3.05) is 11.9 Å². The molecule has 3 aromatic carbocycles. The van der Waals surface area contributed by atoms with Crippen LogP contribution >= 0.6 is 47.8 Å². The monoisotopic (exact) mass is 581 g/mol. The molecule has 0 spiro atoms. The Bertz CT molecular complexity index is 975. The van der Waals surface area contributed by atoms with Crippen LogP contribution in [0.25, 0.3) is 0 Å². The number of nitrogens with one attached hydrogen (secondary N) is 1. The zero-order valence-electron chi connectivity index (χ0n) is 16.3. The van der Waals surface area contributed by atoms with Gasteiger partial charge in [-0.3, -0.25) is 0 Å². The molecule has 3 rings (SSSR count). The standard InChI is InChI=1S/C23H22Br3NO2/c1-3-28-22-12-17(13-27-21-9-8-19(25)10-15(21)2)11-20(26)23(22)29-14-16-4-6-18(24)7-5-16/h4-12,27H,3,13-14H2,1-2H3. The van der Waals surface area contributed by atoms with Gasteiger partial charge in [-0.2, -0.15) is 0 Å². The maximum absolute atomic E-state index is 6.08. The van der Waals surface area contributed by atoms with E-state index in [-0.39, 0.29) is 0 Å². The lowest BCUT2D eigenvalue weighted by atomic mass is 10.1. The molecule has 0 radical (unpaired) electrons. The van der Waals surface area contributed by atoms with Gasteiger partial charge < -0.3 is 14.8 Å². The Balaban J connectivity index is 1.75. The minimum absolute atomic E-state index is 0.474. The highest BCUT2D eigenvalue weighted by Gasteiger charge is 2.13. The smallest absolute Gasteiger partial charge is 0.175 e. The molecular formula is C23H22Br3NO2. The van der Waals surface area contributed by atoms with Crippen molar-refractivity contribution < 1.29 is 9.47 Å². The van der Waals surface area contributed by atoms with Crippen molar-refractivity contribution >= 4 is 53.5 Å². The fraction of sp³-hybridized carbons (Fsp3) is 0.217. The van der Waals surface area contributed by atoms with Crippen molar-refractivity contribution in [2.24, 2.45) is 0 Å².